The van der Waals surface area contributed by atoms with Crippen LogP contribution in [0.1, 0.15) is 21.5 Å². The Morgan fingerprint density at radius 2 is 1.57 bits per heavy atom. The third-order valence-electron chi connectivity index (χ3n) is 3.24. The first-order valence-electron chi connectivity index (χ1n) is 6.47. The molecule has 4 nitrogen and oxygen atoms in total. The number of aryl methyl sites for hydroxylation is 2. The van der Waals surface area contributed by atoms with Crippen molar-refractivity contribution in [2.75, 3.05) is 11.6 Å². The lowest BCUT2D eigenvalue weighted by molar-refractivity contribution is 0.102. The van der Waals surface area contributed by atoms with Crippen molar-refractivity contribution in [3.05, 3.63) is 59.2 Å². The molecule has 0 spiro atoms. The summed E-state index contributed by atoms with van der Waals surface area (Å²) in [6.07, 6.45) is 1.12. The molecular weight excluding hydrogens is 286 g/mol. The lowest BCUT2D eigenvalue weighted by Gasteiger charge is -2.11. The molecule has 5 heteroatoms. The number of nitrogens with one attached hydrogen (secondary N) is 1. The summed E-state index contributed by atoms with van der Waals surface area (Å²) in [7, 11) is -3.33. The van der Waals surface area contributed by atoms with E-state index in [1.165, 1.54) is 12.1 Å². The highest BCUT2D eigenvalue weighted by Gasteiger charge is 2.13. The molecule has 110 valence electrons. The Kier molecular flexibility index (Phi) is 4.14. The highest BCUT2D eigenvalue weighted by Crippen LogP contribution is 2.21. The minimum atomic E-state index is -3.33. The molecule has 1 amide bonds. The largest absolute Gasteiger partial charge is 0.322 e. The molecule has 2 aromatic rings. The van der Waals surface area contributed by atoms with Crippen LogP contribution in [0.2, 0.25) is 0 Å². The summed E-state index contributed by atoms with van der Waals surface area (Å²) >= 11 is 0. The molecule has 0 heterocycles. The molecule has 0 aromatic heterocycles. The van der Waals surface area contributed by atoms with Crippen LogP contribution in [0.4, 0.5) is 5.69 Å². The van der Waals surface area contributed by atoms with Crippen LogP contribution >= 0.6 is 0 Å². The fourth-order valence-corrected chi connectivity index (χ4v) is 2.73. The van der Waals surface area contributed by atoms with E-state index in [1.807, 2.05) is 32.0 Å². The van der Waals surface area contributed by atoms with Gasteiger partial charge in [-0.3, -0.25) is 4.79 Å². The first-order valence-corrected chi connectivity index (χ1v) is 8.36. The second-order valence-corrected chi connectivity index (χ2v) is 7.04. The van der Waals surface area contributed by atoms with Gasteiger partial charge in [-0.05, 0) is 43.2 Å². The second kappa shape index (κ2) is 5.69. The van der Waals surface area contributed by atoms with Crippen LogP contribution in [0.25, 0.3) is 0 Å². The van der Waals surface area contributed by atoms with E-state index in [0.717, 1.165) is 23.1 Å². The minimum Gasteiger partial charge on any atom is -0.322 e. The van der Waals surface area contributed by atoms with Crippen LogP contribution in [0.15, 0.2) is 47.4 Å². The SMILES string of the molecule is Cc1cccc(C)c1NC(=O)c1cccc(S(C)(=O)=O)c1. The summed E-state index contributed by atoms with van der Waals surface area (Å²) in [5.41, 5.74) is 3.00. The van der Waals surface area contributed by atoms with E-state index >= 15 is 0 Å². The van der Waals surface area contributed by atoms with Gasteiger partial charge in [0.25, 0.3) is 5.91 Å². The number of anilines is 1. The van der Waals surface area contributed by atoms with Crippen LogP contribution in [0.5, 0.6) is 0 Å². The van der Waals surface area contributed by atoms with Gasteiger partial charge in [0.15, 0.2) is 9.84 Å². The fourth-order valence-electron chi connectivity index (χ4n) is 2.07. The molecule has 2 aromatic carbocycles. The van der Waals surface area contributed by atoms with Gasteiger partial charge < -0.3 is 5.32 Å². The summed E-state index contributed by atoms with van der Waals surface area (Å²) in [6.45, 7) is 3.82. The maximum atomic E-state index is 12.3. The van der Waals surface area contributed by atoms with Crippen LogP contribution in [0.3, 0.4) is 0 Å². The van der Waals surface area contributed by atoms with Crippen LogP contribution in [0, 0.1) is 13.8 Å². The number of carbonyl (C=O) groups is 1. The molecule has 1 N–H and O–H groups in total. The lowest BCUT2D eigenvalue weighted by atomic mass is 10.1. The summed E-state index contributed by atoms with van der Waals surface area (Å²) in [6, 6.07) is 11.8. The quantitative estimate of drug-likeness (QED) is 0.948. The molecule has 0 aliphatic heterocycles. The van der Waals surface area contributed by atoms with E-state index in [-0.39, 0.29) is 10.8 Å². The molecule has 0 radical (unpaired) electrons. The normalized spacial score (nSPS) is 11.2. The number of benzene rings is 2. The predicted molar refractivity (Wildman–Crippen MR) is 83.4 cm³/mol. The molecule has 0 saturated carbocycles. The van der Waals surface area contributed by atoms with Crippen molar-refractivity contribution in [1.82, 2.24) is 0 Å². The first kappa shape index (κ1) is 15.3. The minimum absolute atomic E-state index is 0.136. The summed E-state index contributed by atoms with van der Waals surface area (Å²) in [4.78, 5) is 12.4. The van der Waals surface area contributed by atoms with Gasteiger partial charge in [-0.15, -0.1) is 0 Å². The standard InChI is InChI=1S/C16H17NO3S/c1-11-6-4-7-12(2)15(11)17-16(18)13-8-5-9-14(10-13)21(3,19)20/h4-10H,1-3H3,(H,17,18). The Morgan fingerprint density at radius 1 is 1.00 bits per heavy atom. The molecule has 0 aliphatic carbocycles. The number of amides is 1. The smallest absolute Gasteiger partial charge is 0.255 e. The average molecular weight is 303 g/mol. The maximum absolute atomic E-state index is 12.3. The third kappa shape index (κ3) is 3.49. The zero-order chi connectivity index (χ0) is 15.6. The van der Waals surface area contributed by atoms with Crippen molar-refractivity contribution in [3.8, 4) is 0 Å². The van der Waals surface area contributed by atoms with Gasteiger partial charge in [-0.1, -0.05) is 24.3 Å². The molecule has 0 fully saturated rings. The molecule has 0 bridgehead atoms. The van der Waals surface area contributed by atoms with E-state index < -0.39 is 9.84 Å². The van der Waals surface area contributed by atoms with Gasteiger partial charge in [-0.25, -0.2) is 8.42 Å². The highest BCUT2D eigenvalue weighted by molar-refractivity contribution is 7.90. The Labute approximate surface area is 124 Å². The van der Waals surface area contributed by atoms with E-state index in [4.69, 9.17) is 0 Å². The molecule has 21 heavy (non-hydrogen) atoms. The summed E-state index contributed by atoms with van der Waals surface area (Å²) in [5.74, 6) is -0.321. The highest BCUT2D eigenvalue weighted by atomic mass is 32.2. The van der Waals surface area contributed by atoms with Gasteiger partial charge in [0, 0.05) is 17.5 Å². The van der Waals surface area contributed by atoms with E-state index in [9.17, 15) is 13.2 Å². The van der Waals surface area contributed by atoms with Gasteiger partial charge in [0.1, 0.15) is 0 Å². The van der Waals surface area contributed by atoms with Crippen molar-refractivity contribution in [2.45, 2.75) is 18.7 Å². The Balaban J connectivity index is 2.34. The van der Waals surface area contributed by atoms with Gasteiger partial charge >= 0.3 is 0 Å². The molecule has 0 unspecified atom stereocenters. The number of carbonyl (C=O) groups excluding carboxylic acids is 1. The predicted octanol–water partition coefficient (Wildman–Crippen LogP) is 2.96. The summed E-state index contributed by atoms with van der Waals surface area (Å²) in [5, 5.41) is 2.84. The van der Waals surface area contributed by atoms with Crippen molar-refractivity contribution in [1.29, 1.82) is 0 Å². The van der Waals surface area contributed by atoms with Crippen molar-refractivity contribution >= 4 is 21.4 Å². The van der Waals surface area contributed by atoms with Crippen molar-refractivity contribution in [2.24, 2.45) is 0 Å². The average Bonchev–Trinajstić information content (AvgIpc) is 2.42. The van der Waals surface area contributed by atoms with E-state index in [0.29, 0.717) is 5.56 Å². The monoisotopic (exact) mass is 303 g/mol. The zero-order valence-electron chi connectivity index (χ0n) is 12.2. The Morgan fingerprint density at radius 3 is 2.14 bits per heavy atom. The second-order valence-electron chi connectivity index (χ2n) is 5.02. The van der Waals surface area contributed by atoms with Crippen molar-refractivity contribution in [3.63, 3.8) is 0 Å². The third-order valence-corrected chi connectivity index (χ3v) is 4.35. The summed E-state index contributed by atoms with van der Waals surface area (Å²) < 4.78 is 23.1. The van der Waals surface area contributed by atoms with Gasteiger partial charge in [-0.2, -0.15) is 0 Å². The van der Waals surface area contributed by atoms with Crippen LogP contribution in [-0.2, 0) is 9.84 Å². The molecule has 2 rings (SSSR count). The lowest BCUT2D eigenvalue weighted by Crippen LogP contribution is -2.14. The molecular formula is C16H17NO3S. The maximum Gasteiger partial charge on any atom is 0.255 e. The Hall–Kier alpha value is -2.14. The number of hydrogen-bond donors (Lipinski definition) is 1. The number of para-hydroxylation sites is 1. The van der Waals surface area contributed by atoms with Gasteiger partial charge in [0.2, 0.25) is 0 Å². The fraction of sp³-hybridized carbons (Fsp3) is 0.188. The zero-order valence-corrected chi connectivity index (χ0v) is 13.0. The van der Waals surface area contributed by atoms with Crippen molar-refractivity contribution < 1.29 is 13.2 Å². The topological polar surface area (TPSA) is 63.2 Å². The van der Waals surface area contributed by atoms with Gasteiger partial charge in [0.05, 0.1) is 4.90 Å². The molecule has 0 aliphatic rings. The molecule has 0 saturated heterocycles. The van der Waals surface area contributed by atoms with E-state index in [1.54, 1.807) is 12.1 Å². The van der Waals surface area contributed by atoms with Crippen LogP contribution in [-0.4, -0.2) is 20.6 Å². The number of rotatable bonds is 3. The van der Waals surface area contributed by atoms with E-state index in [2.05, 4.69) is 5.32 Å². The molecule has 0 atom stereocenters. The number of sulfone groups is 1. The Bertz CT molecular complexity index is 775. The van der Waals surface area contributed by atoms with Crippen LogP contribution < -0.4 is 5.32 Å². The number of hydrogen-bond acceptors (Lipinski definition) is 3. The first-order chi connectivity index (χ1) is 9.79.